The monoisotopic (exact) mass is 331 g/mol. The molecule has 0 atom stereocenters. The van der Waals surface area contributed by atoms with Crippen LogP contribution in [-0.2, 0) is 9.59 Å². The molecule has 0 saturated carbocycles. The molecule has 24 heavy (non-hydrogen) atoms. The highest BCUT2D eigenvalue weighted by atomic mass is 16.5. The number of primary amides is 2. The Bertz CT molecular complexity index is 729. The molecule has 1 aromatic carbocycles. The minimum Gasteiger partial charge on any atom is -0.504 e. The van der Waals surface area contributed by atoms with Gasteiger partial charge in [0.15, 0.2) is 11.5 Å². The van der Waals surface area contributed by atoms with Crippen molar-refractivity contribution >= 4 is 11.8 Å². The van der Waals surface area contributed by atoms with Gasteiger partial charge in [0.2, 0.25) is 11.8 Å². The van der Waals surface area contributed by atoms with E-state index in [0.29, 0.717) is 23.6 Å². The zero-order valence-corrected chi connectivity index (χ0v) is 13.8. The lowest BCUT2D eigenvalue weighted by atomic mass is 9.79. The molecule has 2 rings (SSSR count). The van der Waals surface area contributed by atoms with Crippen molar-refractivity contribution in [3.05, 3.63) is 46.3 Å². The van der Waals surface area contributed by atoms with Gasteiger partial charge in [-0.3, -0.25) is 9.59 Å². The van der Waals surface area contributed by atoms with E-state index >= 15 is 0 Å². The number of aromatic hydroxyl groups is 1. The van der Waals surface area contributed by atoms with Crippen molar-refractivity contribution in [2.75, 3.05) is 6.61 Å². The van der Waals surface area contributed by atoms with Crippen molar-refractivity contribution in [1.29, 1.82) is 0 Å². The zero-order valence-electron chi connectivity index (χ0n) is 13.8. The maximum atomic E-state index is 12.0. The SMILES string of the molecule is CCOc1cc(C2C(C(N)=O)=C(C)NC(C)=C2C(N)=O)ccc1O. The van der Waals surface area contributed by atoms with Crippen LogP contribution in [0.15, 0.2) is 40.7 Å². The first kappa shape index (κ1) is 17.4. The number of benzene rings is 1. The number of ether oxygens (including phenoxy) is 1. The van der Waals surface area contributed by atoms with Crippen molar-refractivity contribution in [1.82, 2.24) is 5.32 Å². The molecule has 0 aliphatic carbocycles. The van der Waals surface area contributed by atoms with Crippen molar-refractivity contribution in [2.45, 2.75) is 26.7 Å². The molecule has 128 valence electrons. The molecule has 2 amide bonds. The average Bonchev–Trinajstić information content (AvgIpc) is 2.48. The number of hydrogen-bond donors (Lipinski definition) is 4. The minimum atomic E-state index is -0.721. The molecule has 0 unspecified atom stereocenters. The molecule has 0 aromatic heterocycles. The Morgan fingerprint density at radius 3 is 2.17 bits per heavy atom. The number of amides is 2. The second kappa shape index (κ2) is 6.66. The van der Waals surface area contributed by atoms with Crippen LogP contribution >= 0.6 is 0 Å². The number of carbonyl (C=O) groups excluding carboxylic acids is 2. The second-order valence-electron chi connectivity index (χ2n) is 5.52. The Morgan fingerprint density at radius 1 is 1.17 bits per heavy atom. The molecule has 0 bridgehead atoms. The number of allylic oxidation sites excluding steroid dienone is 2. The van der Waals surface area contributed by atoms with Gasteiger partial charge in [0.25, 0.3) is 0 Å². The van der Waals surface area contributed by atoms with Crippen LogP contribution in [0.25, 0.3) is 0 Å². The van der Waals surface area contributed by atoms with E-state index < -0.39 is 17.7 Å². The van der Waals surface area contributed by atoms with E-state index in [9.17, 15) is 14.7 Å². The van der Waals surface area contributed by atoms with E-state index in [1.54, 1.807) is 32.9 Å². The van der Waals surface area contributed by atoms with Crippen molar-refractivity contribution in [3.8, 4) is 11.5 Å². The normalized spacial score (nSPS) is 15.3. The summed E-state index contributed by atoms with van der Waals surface area (Å²) in [5, 5.41) is 12.8. The Kier molecular flexibility index (Phi) is 4.82. The fourth-order valence-electron chi connectivity index (χ4n) is 2.96. The lowest BCUT2D eigenvalue weighted by Gasteiger charge is -2.30. The van der Waals surface area contributed by atoms with Crippen molar-refractivity contribution in [3.63, 3.8) is 0 Å². The van der Waals surface area contributed by atoms with E-state index in [-0.39, 0.29) is 22.6 Å². The molecule has 1 aromatic rings. The van der Waals surface area contributed by atoms with Gasteiger partial charge < -0.3 is 26.6 Å². The highest BCUT2D eigenvalue weighted by Crippen LogP contribution is 2.40. The van der Waals surface area contributed by atoms with E-state index in [2.05, 4.69) is 5.32 Å². The Hall–Kier alpha value is -2.96. The van der Waals surface area contributed by atoms with Gasteiger partial charge in [-0.05, 0) is 38.5 Å². The van der Waals surface area contributed by atoms with Crippen molar-refractivity contribution in [2.24, 2.45) is 11.5 Å². The molecule has 7 nitrogen and oxygen atoms in total. The highest BCUT2D eigenvalue weighted by molar-refractivity contribution is 6.02. The standard InChI is InChI=1S/C17H21N3O4/c1-4-24-12-7-10(5-6-11(12)21)15-13(16(18)22)8(2)20-9(3)14(15)17(19)23/h5-7,15,20-21H,4H2,1-3H3,(H2,18,22)(H2,19,23). The average molecular weight is 331 g/mol. The summed E-state index contributed by atoms with van der Waals surface area (Å²) < 4.78 is 5.38. The number of nitrogens with two attached hydrogens (primary N) is 2. The smallest absolute Gasteiger partial charge is 0.247 e. The van der Waals surface area contributed by atoms with Crippen LogP contribution in [-0.4, -0.2) is 23.5 Å². The highest BCUT2D eigenvalue weighted by Gasteiger charge is 2.35. The molecule has 0 saturated heterocycles. The molecular weight excluding hydrogens is 310 g/mol. The lowest BCUT2D eigenvalue weighted by molar-refractivity contribution is -0.115. The van der Waals surface area contributed by atoms with Gasteiger partial charge in [-0.15, -0.1) is 0 Å². The number of carbonyl (C=O) groups is 2. The lowest BCUT2D eigenvalue weighted by Crippen LogP contribution is -2.35. The third kappa shape index (κ3) is 3.05. The molecule has 1 aliphatic heterocycles. The number of rotatable bonds is 5. The topological polar surface area (TPSA) is 128 Å². The fraction of sp³-hybridized carbons (Fsp3) is 0.294. The number of phenols is 1. The molecule has 6 N–H and O–H groups in total. The first-order chi connectivity index (χ1) is 11.3. The maximum absolute atomic E-state index is 12.0. The summed E-state index contributed by atoms with van der Waals surface area (Å²) in [5.74, 6) is -1.79. The second-order valence-corrected chi connectivity index (χ2v) is 5.52. The van der Waals surface area contributed by atoms with Gasteiger partial charge >= 0.3 is 0 Å². The summed E-state index contributed by atoms with van der Waals surface area (Å²) >= 11 is 0. The minimum absolute atomic E-state index is 0.0304. The number of dihydropyridines is 1. The van der Waals surface area contributed by atoms with Crippen LogP contribution in [0.1, 0.15) is 32.3 Å². The third-order valence-corrected chi connectivity index (χ3v) is 3.91. The molecule has 0 fully saturated rings. The number of hydrogen-bond acceptors (Lipinski definition) is 5. The van der Waals surface area contributed by atoms with Gasteiger partial charge in [-0.25, -0.2) is 0 Å². The van der Waals surface area contributed by atoms with Crippen LogP contribution < -0.4 is 21.5 Å². The third-order valence-electron chi connectivity index (χ3n) is 3.91. The predicted molar refractivity (Wildman–Crippen MR) is 88.9 cm³/mol. The quantitative estimate of drug-likeness (QED) is 0.640. The fourth-order valence-corrected chi connectivity index (χ4v) is 2.96. The predicted octanol–water partition coefficient (Wildman–Crippen LogP) is 0.996. The van der Waals surface area contributed by atoms with Crippen LogP contribution in [0.5, 0.6) is 11.5 Å². The molecule has 1 heterocycles. The van der Waals surface area contributed by atoms with Gasteiger partial charge in [0.1, 0.15) is 0 Å². The van der Waals surface area contributed by atoms with Crippen LogP contribution in [0.2, 0.25) is 0 Å². The van der Waals surface area contributed by atoms with Crippen LogP contribution in [0, 0.1) is 0 Å². The van der Waals surface area contributed by atoms with E-state index in [1.165, 1.54) is 6.07 Å². The van der Waals surface area contributed by atoms with Gasteiger partial charge in [-0.2, -0.15) is 0 Å². The maximum Gasteiger partial charge on any atom is 0.247 e. The molecule has 0 spiro atoms. The first-order valence-electron chi connectivity index (χ1n) is 7.51. The molecule has 0 radical (unpaired) electrons. The summed E-state index contributed by atoms with van der Waals surface area (Å²) in [6.45, 7) is 5.56. The van der Waals surface area contributed by atoms with Gasteiger partial charge in [0, 0.05) is 28.5 Å². The summed E-state index contributed by atoms with van der Waals surface area (Å²) in [7, 11) is 0. The summed E-state index contributed by atoms with van der Waals surface area (Å²) in [5.41, 5.74) is 13.3. The van der Waals surface area contributed by atoms with Crippen molar-refractivity contribution < 1.29 is 19.4 Å². The van der Waals surface area contributed by atoms with Gasteiger partial charge in [-0.1, -0.05) is 6.07 Å². The molecule has 1 aliphatic rings. The number of phenolic OH excluding ortho intramolecular Hbond substituents is 1. The van der Waals surface area contributed by atoms with E-state index in [4.69, 9.17) is 16.2 Å². The first-order valence-corrected chi connectivity index (χ1v) is 7.51. The largest absolute Gasteiger partial charge is 0.504 e. The molecule has 7 heteroatoms. The van der Waals surface area contributed by atoms with Gasteiger partial charge in [0.05, 0.1) is 6.61 Å². The summed E-state index contributed by atoms with van der Waals surface area (Å²) in [6.07, 6.45) is 0. The molecular formula is C17H21N3O4. The number of nitrogens with one attached hydrogen (secondary N) is 1. The zero-order chi connectivity index (χ0) is 18.0. The summed E-state index contributed by atoms with van der Waals surface area (Å²) in [6, 6.07) is 4.64. The van der Waals surface area contributed by atoms with Crippen LogP contribution in [0.4, 0.5) is 0 Å². The Labute approximate surface area is 140 Å². The summed E-state index contributed by atoms with van der Waals surface area (Å²) in [4.78, 5) is 23.9. The Balaban J connectivity index is 2.68. The van der Waals surface area contributed by atoms with E-state index in [1.807, 2.05) is 0 Å². The Morgan fingerprint density at radius 2 is 1.71 bits per heavy atom. The van der Waals surface area contributed by atoms with E-state index in [0.717, 1.165) is 0 Å². The van der Waals surface area contributed by atoms with Crippen LogP contribution in [0.3, 0.4) is 0 Å².